The number of hydrogen-bond donors (Lipinski definition) is 1. The van der Waals surface area contributed by atoms with Crippen molar-refractivity contribution < 1.29 is 8.42 Å². The molecule has 1 radical (unpaired) electrons. The van der Waals surface area contributed by atoms with E-state index in [0.29, 0.717) is 5.56 Å². The fourth-order valence-electron chi connectivity index (χ4n) is 0.907. The van der Waals surface area contributed by atoms with Gasteiger partial charge in [-0.3, -0.25) is 0 Å². The number of benzene rings is 1. The van der Waals surface area contributed by atoms with Gasteiger partial charge in [-0.2, -0.15) is 0 Å². The van der Waals surface area contributed by atoms with Gasteiger partial charge in [-0.25, -0.2) is 13.6 Å². The van der Waals surface area contributed by atoms with Gasteiger partial charge in [0.2, 0.25) is 10.0 Å². The summed E-state index contributed by atoms with van der Waals surface area (Å²) in [5.41, 5.74) is 7.90. The van der Waals surface area contributed by atoms with Crippen LogP contribution in [0.4, 0.5) is 5.69 Å². The van der Waals surface area contributed by atoms with Gasteiger partial charge in [-0.1, -0.05) is 6.07 Å². The Morgan fingerprint density at radius 2 is 2.00 bits per heavy atom. The molecule has 65 valence electrons. The van der Waals surface area contributed by atoms with Gasteiger partial charge in [0, 0.05) is 0 Å². The third-order valence-electron chi connectivity index (χ3n) is 1.49. The van der Waals surface area contributed by atoms with Crippen LogP contribution in [0.25, 0.3) is 0 Å². The minimum atomic E-state index is -3.68. The Morgan fingerprint density at radius 3 is 2.42 bits per heavy atom. The second kappa shape index (κ2) is 2.76. The molecule has 0 unspecified atom stereocenters. The molecule has 1 aromatic carbocycles. The second-order valence-electron chi connectivity index (χ2n) is 2.53. The van der Waals surface area contributed by atoms with Gasteiger partial charge >= 0.3 is 0 Å². The SMILES string of the molecule is Cc1ccc([NH])cc1S(N)(=O)=O. The van der Waals surface area contributed by atoms with Crippen LogP contribution in [-0.2, 0) is 10.0 Å². The van der Waals surface area contributed by atoms with Crippen LogP contribution in [0.5, 0.6) is 0 Å². The van der Waals surface area contributed by atoms with Gasteiger partial charge in [0.25, 0.3) is 0 Å². The summed E-state index contributed by atoms with van der Waals surface area (Å²) in [4.78, 5) is 0.0231. The van der Waals surface area contributed by atoms with Crippen molar-refractivity contribution in [2.75, 3.05) is 0 Å². The Kier molecular flexibility index (Phi) is 2.08. The van der Waals surface area contributed by atoms with E-state index in [1.165, 1.54) is 12.1 Å². The highest BCUT2D eigenvalue weighted by molar-refractivity contribution is 7.89. The molecule has 0 saturated heterocycles. The molecular weight excluding hydrogens is 176 g/mol. The van der Waals surface area contributed by atoms with Crippen molar-refractivity contribution >= 4 is 15.7 Å². The maximum absolute atomic E-state index is 10.9. The minimum absolute atomic E-state index is 0.0231. The normalized spacial score (nSPS) is 11.5. The molecule has 4 nitrogen and oxygen atoms in total. The van der Waals surface area contributed by atoms with E-state index >= 15 is 0 Å². The van der Waals surface area contributed by atoms with Gasteiger partial charge in [0.15, 0.2) is 0 Å². The predicted molar refractivity (Wildman–Crippen MR) is 45.3 cm³/mol. The quantitative estimate of drug-likeness (QED) is 0.693. The lowest BCUT2D eigenvalue weighted by Gasteiger charge is -2.02. The summed E-state index contributed by atoms with van der Waals surface area (Å²) in [6.07, 6.45) is 0. The average Bonchev–Trinajstić information content (AvgIpc) is 1.92. The van der Waals surface area contributed by atoms with E-state index in [-0.39, 0.29) is 10.6 Å². The van der Waals surface area contributed by atoms with E-state index < -0.39 is 10.0 Å². The lowest BCUT2D eigenvalue weighted by molar-refractivity contribution is 0.597. The maximum atomic E-state index is 10.9. The van der Waals surface area contributed by atoms with Crippen molar-refractivity contribution in [2.24, 2.45) is 5.14 Å². The topological polar surface area (TPSA) is 84.0 Å². The Bertz CT molecular complexity index is 398. The first kappa shape index (κ1) is 9.02. The van der Waals surface area contributed by atoms with Crippen LogP contribution in [-0.4, -0.2) is 8.42 Å². The Balaban J connectivity index is 3.43. The van der Waals surface area contributed by atoms with Crippen LogP contribution < -0.4 is 10.9 Å². The molecule has 0 aromatic heterocycles. The zero-order valence-electron chi connectivity index (χ0n) is 6.53. The third kappa shape index (κ3) is 1.75. The Hall–Kier alpha value is -1.07. The zero-order chi connectivity index (χ0) is 9.35. The van der Waals surface area contributed by atoms with Crippen molar-refractivity contribution in [1.29, 1.82) is 0 Å². The fraction of sp³-hybridized carbons (Fsp3) is 0.143. The molecule has 0 amide bonds. The molecule has 0 atom stereocenters. The van der Waals surface area contributed by atoms with E-state index in [4.69, 9.17) is 10.9 Å². The molecule has 0 saturated carbocycles. The first-order valence-corrected chi connectivity index (χ1v) is 4.81. The minimum Gasteiger partial charge on any atom is -0.301 e. The molecule has 0 aliphatic heterocycles. The molecule has 0 bridgehead atoms. The predicted octanol–water partition coefficient (Wildman–Crippen LogP) is 0.557. The number of nitrogens with two attached hydrogens (primary N) is 1. The summed E-state index contributed by atoms with van der Waals surface area (Å²) in [6, 6.07) is 4.32. The number of aryl methyl sites for hydroxylation is 1. The van der Waals surface area contributed by atoms with Crippen LogP contribution in [0.3, 0.4) is 0 Å². The van der Waals surface area contributed by atoms with E-state index in [9.17, 15) is 8.42 Å². The van der Waals surface area contributed by atoms with Crippen molar-refractivity contribution in [1.82, 2.24) is 5.73 Å². The summed E-state index contributed by atoms with van der Waals surface area (Å²) in [5.74, 6) is 0. The highest BCUT2D eigenvalue weighted by Crippen LogP contribution is 2.17. The first-order chi connectivity index (χ1) is 5.41. The molecule has 0 aliphatic carbocycles. The summed E-state index contributed by atoms with van der Waals surface area (Å²) in [6.45, 7) is 1.64. The van der Waals surface area contributed by atoms with Gasteiger partial charge in [-0.15, -0.1) is 0 Å². The number of hydrogen-bond acceptors (Lipinski definition) is 2. The van der Waals surface area contributed by atoms with Crippen LogP contribution in [0, 0.1) is 6.92 Å². The summed E-state index contributed by atoms with van der Waals surface area (Å²) < 4.78 is 21.8. The molecule has 3 N–H and O–H groups in total. The molecule has 0 spiro atoms. The van der Waals surface area contributed by atoms with Crippen molar-refractivity contribution in [3.05, 3.63) is 23.8 Å². The largest absolute Gasteiger partial charge is 0.301 e. The average molecular weight is 185 g/mol. The summed E-state index contributed by atoms with van der Waals surface area (Å²) in [5, 5.41) is 4.92. The monoisotopic (exact) mass is 185 g/mol. The summed E-state index contributed by atoms with van der Waals surface area (Å²) >= 11 is 0. The van der Waals surface area contributed by atoms with E-state index in [1.807, 2.05) is 0 Å². The fourth-order valence-corrected chi connectivity index (χ4v) is 1.71. The molecule has 0 heterocycles. The Morgan fingerprint density at radius 1 is 1.42 bits per heavy atom. The number of sulfonamides is 1. The number of nitrogens with one attached hydrogen (secondary N) is 1. The Labute approximate surface area is 71.2 Å². The molecule has 0 aliphatic rings. The first-order valence-electron chi connectivity index (χ1n) is 3.26. The maximum Gasteiger partial charge on any atom is 0.238 e. The van der Waals surface area contributed by atoms with Gasteiger partial charge < -0.3 is 5.73 Å². The van der Waals surface area contributed by atoms with Crippen LogP contribution >= 0.6 is 0 Å². The van der Waals surface area contributed by atoms with E-state index in [1.54, 1.807) is 13.0 Å². The smallest absolute Gasteiger partial charge is 0.238 e. The molecule has 1 aromatic rings. The molecule has 1 rings (SSSR count). The van der Waals surface area contributed by atoms with Gasteiger partial charge in [0.1, 0.15) is 0 Å². The molecule has 0 fully saturated rings. The highest BCUT2D eigenvalue weighted by Gasteiger charge is 2.10. The number of primary sulfonamides is 1. The van der Waals surface area contributed by atoms with Crippen molar-refractivity contribution in [3.63, 3.8) is 0 Å². The summed E-state index contributed by atoms with van der Waals surface area (Å²) in [7, 11) is -3.68. The highest BCUT2D eigenvalue weighted by atomic mass is 32.2. The zero-order valence-corrected chi connectivity index (χ0v) is 7.35. The molecule has 12 heavy (non-hydrogen) atoms. The lowest BCUT2D eigenvalue weighted by Crippen LogP contribution is -2.13. The van der Waals surface area contributed by atoms with Crippen molar-refractivity contribution in [3.8, 4) is 0 Å². The lowest BCUT2D eigenvalue weighted by atomic mass is 10.2. The standard InChI is InChI=1S/C7H9N2O2S/c1-5-2-3-6(8)4-7(5)12(9,10)11/h2-4,8H,1H3,(H2,9,10,11). The van der Waals surface area contributed by atoms with Gasteiger partial charge in [0.05, 0.1) is 10.6 Å². The van der Waals surface area contributed by atoms with Crippen molar-refractivity contribution in [2.45, 2.75) is 11.8 Å². The van der Waals surface area contributed by atoms with E-state index in [2.05, 4.69) is 0 Å². The van der Waals surface area contributed by atoms with Crippen LogP contribution in [0.1, 0.15) is 5.56 Å². The molecule has 5 heteroatoms. The molecular formula is C7H9N2O2S. The van der Waals surface area contributed by atoms with Gasteiger partial charge in [-0.05, 0) is 24.6 Å². The van der Waals surface area contributed by atoms with Crippen LogP contribution in [0.15, 0.2) is 23.1 Å². The third-order valence-corrected chi connectivity index (χ3v) is 2.55. The second-order valence-corrected chi connectivity index (χ2v) is 4.06. The van der Waals surface area contributed by atoms with E-state index in [0.717, 1.165) is 0 Å². The van der Waals surface area contributed by atoms with Crippen LogP contribution in [0.2, 0.25) is 0 Å². The number of rotatable bonds is 1.